The maximum absolute atomic E-state index is 13.6. The highest BCUT2D eigenvalue weighted by Gasteiger charge is 2.13. The van der Waals surface area contributed by atoms with Crippen molar-refractivity contribution in [3.8, 4) is 0 Å². The Hall–Kier alpha value is -1.95. The van der Waals surface area contributed by atoms with Crippen LogP contribution in [0.5, 0.6) is 0 Å². The molecule has 6 heteroatoms. The molecule has 0 aliphatic carbocycles. The molecule has 4 nitrogen and oxygen atoms in total. The lowest BCUT2D eigenvalue weighted by atomic mass is 10.1. The van der Waals surface area contributed by atoms with Crippen LogP contribution in [0.1, 0.15) is 42.7 Å². The lowest BCUT2D eigenvalue weighted by Crippen LogP contribution is -2.35. The number of amides is 2. The molecule has 0 radical (unpaired) electrons. The van der Waals surface area contributed by atoms with E-state index in [1.807, 2.05) is 13.0 Å². The summed E-state index contributed by atoms with van der Waals surface area (Å²) in [4.78, 5) is 19.3. The monoisotopic (exact) mass is 349 g/mol. The fourth-order valence-electron chi connectivity index (χ4n) is 2.32. The molecule has 0 aliphatic rings. The van der Waals surface area contributed by atoms with Crippen molar-refractivity contribution in [3.05, 3.63) is 46.2 Å². The molecule has 1 aromatic carbocycles. The highest BCUT2D eigenvalue weighted by molar-refractivity contribution is 7.15. The van der Waals surface area contributed by atoms with E-state index in [0.29, 0.717) is 23.7 Å². The summed E-state index contributed by atoms with van der Waals surface area (Å²) >= 11 is 1.43. The first kappa shape index (κ1) is 18.4. The van der Waals surface area contributed by atoms with E-state index in [0.717, 1.165) is 29.8 Å². The minimum Gasteiger partial charge on any atom is -0.325 e. The van der Waals surface area contributed by atoms with E-state index in [9.17, 15) is 9.18 Å². The number of aromatic nitrogens is 1. The molecule has 0 saturated heterocycles. The molecular formula is C18H24FN3OS. The number of hydrogen-bond acceptors (Lipinski definition) is 3. The second-order valence-electron chi connectivity index (χ2n) is 5.76. The fraction of sp³-hybridized carbons (Fsp3) is 0.444. The molecule has 0 spiro atoms. The SMILES string of the molecule is CCCCN(CC)C(=O)Nc1ncc(Cc2ccc(C)c(F)c2)s1. The number of nitrogens with one attached hydrogen (secondary N) is 1. The molecule has 0 saturated carbocycles. The van der Waals surface area contributed by atoms with Crippen molar-refractivity contribution >= 4 is 22.5 Å². The van der Waals surface area contributed by atoms with E-state index < -0.39 is 0 Å². The third-order valence-electron chi connectivity index (χ3n) is 3.83. The Balaban J connectivity index is 1.97. The third kappa shape index (κ3) is 5.03. The standard InChI is InChI=1S/C18H24FN3OS/c1-4-6-9-22(5-2)18(23)21-17-20-12-15(24-17)10-14-8-7-13(3)16(19)11-14/h7-8,11-12H,4-6,9-10H2,1-3H3,(H,20,21,23). The van der Waals surface area contributed by atoms with Crippen LogP contribution in [-0.4, -0.2) is 29.0 Å². The van der Waals surface area contributed by atoms with Crippen LogP contribution in [-0.2, 0) is 6.42 Å². The Labute approximate surface area is 146 Å². The van der Waals surface area contributed by atoms with Crippen LogP contribution >= 0.6 is 11.3 Å². The van der Waals surface area contributed by atoms with Gasteiger partial charge in [-0.05, 0) is 37.5 Å². The van der Waals surface area contributed by atoms with Crippen LogP contribution in [0.3, 0.4) is 0 Å². The van der Waals surface area contributed by atoms with Gasteiger partial charge in [-0.1, -0.05) is 25.5 Å². The largest absolute Gasteiger partial charge is 0.325 e. The van der Waals surface area contributed by atoms with Crippen molar-refractivity contribution in [2.75, 3.05) is 18.4 Å². The van der Waals surface area contributed by atoms with Gasteiger partial charge in [0.05, 0.1) is 0 Å². The minimum atomic E-state index is -0.194. The smallest absolute Gasteiger partial charge is 0.323 e. The Kier molecular flexibility index (Phi) is 6.73. The number of aryl methyl sites for hydroxylation is 1. The molecule has 0 unspecified atom stereocenters. The normalized spacial score (nSPS) is 10.7. The summed E-state index contributed by atoms with van der Waals surface area (Å²) in [5, 5.41) is 3.43. The summed E-state index contributed by atoms with van der Waals surface area (Å²) in [6.07, 6.45) is 4.39. The lowest BCUT2D eigenvalue weighted by molar-refractivity contribution is 0.213. The number of carbonyl (C=O) groups is 1. The number of halogens is 1. The van der Waals surface area contributed by atoms with Gasteiger partial charge in [-0.15, -0.1) is 11.3 Å². The summed E-state index contributed by atoms with van der Waals surface area (Å²) in [6, 6.07) is 5.13. The molecular weight excluding hydrogens is 325 g/mol. The third-order valence-corrected chi connectivity index (χ3v) is 4.75. The first-order valence-corrected chi connectivity index (χ1v) is 9.10. The van der Waals surface area contributed by atoms with Crippen LogP contribution in [0, 0.1) is 12.7 Å². The van der Waals surface area contributed by atoms with Gasteiger partial charge in [0.1, 0.15) is 5.82 Å². The summed E-state index contributed by atoms with van der Waals surface area (Å²) in [6.45, 7) is 7.24. The van der Waals surface area contributed by atoms with E-state index >= 15 is 0 Å². The van der Waals surface area contributed by atoms with Gasteiger partial charge >= 0.3 is 6.03 Å². The number of thiazole rings is 1. The second kappa shape index (κ2) is 8.78. The molecule has 1 N–H and O–H groups in total. The van der Waals surface area contributed by atoms with E-state index in [2.05, 4.69) is 17.2 Å². The first-order chi connectivity index (χ1) is 11.5. The van der Waals surface area contributed by atoms with Crippen molar-refractivity contribution in [1.82, 2.24) is 9.88 Å². The number of rotatable bonds is 7. The average molecular weight is 349 g/mol. The van der Waals surface area contributed by atoms with Gasteiger partial charge in [-0.25, -0.2) is 14.2 Å². The molecule has 0 fully saturated rings. The fourth-order valence-corrected chi connectivity index (χ4v) is 3.15. The van der Waals surface area contributed by atoms with Gasteiger partial charge in [0.15, 0.2) is 5.13 Å². The minimum absolute atomic E-state index is 0.117. The number of anilines is 1. The van der Waals surface area contributed by atoms with Crippen LogP contribution in [0.25, 0.3) is 0 Å². The molecule has 2 rings (SSSR count). The predicted octanol–water partition coefficient (Wildman–Crippen LogP) is 4.84. The molecule has 1 heterocycles. The van der Waals surface area contributed by atoms with E-state index in [-0.39, 0.29) is 11.8 Å². The maximum Gasteiger partial charge on any atom is 0.323 e. The highest BCUT2D eigenvalue weighted by Crippen LogP contribution is 2.22. The molecule has 1 aromatic heterocycles. The van der Waals surface area contributed by atoms with Crippen LogP contribution in [0.15, 0.2) is 24.4 Å². The quantitative estimate of drug-likeness (QED) is 0.778. The number of unbranched alkanes of at least 4 members (excludes halogenated alkanes) is 1. The second-order valence-corrected chi connectivity index (χ2v) is 6.87. The van der Waals surface area contributed by atoms with E-state index in [1.165, 1.54) is 11.3 Å². The molecule has 0 aliphatic heterocycles. The average Bonchev–Trinajstić information content (AvgIpc) is 2.98. The summed E-state index contributed by atoms with van der Waals surface area (Å²) < 4.78 is 13.6. The number of hydrogen-bond donors (Lipinski definition) is 1. The number of benzene rings is 1. The van der Waals surface area contributed by atoms with Gasteiger partial charge in [-0.3, -0.25) is 5.32 Å². The number of urea groups is 1. The van der Waals surface area contributed by atoms with Crippen molar-refractivity contribution in [3.63, 3.8) is 0 Å². The van der Waals surface area contributed by atoms with Crippen LogP contribution in [0.2, 0.25) is 0 Å². The van der Waals surface area contributed by atoms with Gasteiger partial charge in [0, 0.05) is 30.6 Å². The Morgan fingerprint density at radius 3 is 2.83 bits per heavy atom. The number of carbonyl (C=O) groups excluding carboxylic acids is 1. The van der Waals surface area contributed by atoms with Crippen LogP contribution in [0.4, 0.5) is 14.3 Å². The van der Waals surface area contributed by atoms with Crippen molar-refractivity contribution < 1.29 is 9.18 Å². The summed E-state index contributed by atoms with van der Waals surface area (Å²) in [7, 11) is 0. The molecule has 24 heavy (non-hydrogen) atoms. The lowest BCUT2D eigenvalue weighted by Gasteiger charge is -2.20. The van der Waals surface area contributed by atoms with E-state index in [4.69, 9.17) is 0 Å². The predicted molar refractivity (Wildman–Crippen MR) is 97.2 cm³/mol. The van der Waals surface area contributed by atoms with Crippen molar-refractivity contribution in [2.24, 2.45) is 0 Å². The van der Waals surface area contributed by atoms with Crippen LogP contribution < -0.4 is 5.32 Å². The molecule has 2 amide bonds. The highest BCUT2D eigenvalue weighted by atomic mass is 32.1. The Morgan fingerprint density at radius 1 is 1.38 bits per heavy atom. The van der Waals surface area contributed by atoms with Crippen molar-refractivity contribution in [2.45, 2.75) is 40.0 Å². The van der Waals surface area contributed by atoms with Gasteiger partial charge in [0.2, 0.25) is 0 Å². The van der Waals surface area contributed by atoms with Gasteiger partial charge < -0.3 is 4.90 Å². The molecule has 0 atom stereocenters. The van der Waals surface area contributed by atoms with E-state index in [1.54, 1.807) is 30.2 Å². The van der Waals surface area contributed by atoms with Gasteiger partial charge in [0.25, 0.3) is 0 Å². The Morgan fingerprint density at radius 2 is 2.17 bits per heavy atom. The summed E-state index contributed by atoms with van der Waals surface area (Å²) in [5.74, 6) is -0.194. The zero-order valence-corrected chi connectivity index (χ0v) is 15.3. The molecule has 130 valence electrons. The summed E-state index contributed by atoms with van der Waals surface area (Å²) in [5.41, 5.74) is 1.54. The zero-order chi connectivity index (χ0) is 17.5. The Bertz CT molecular complexity index is 687. The maximum atomic E-state index is 13.6. The van der Waals surface area contributed by atoms with Gasteiger partial charge in [-0.2, -0.15) is 0 Å². The number of nitrogens with zero attached hydrogens (tertiary/aromatic N) is 2. The topological polar surface area (TPSA) is 45.2 Å². The first-order valence-electron chi connectivity index (χ1n) is 8.29. The zero-order valence-electron chi connectivity index (χ0n) is 14.4. The molecule has 0 bridgehead atoms. The van der Waals surface area contributed by atoms with Crippen molar-refractivity contribution in [1.29, 1.82) is 0 Å². The molecule has 2 aromatic rings.